The zero-order valence-corrected chi connectivity index (χ0v) is 17.5. The third-order valence-electron chi connectivity index (χ3n) is 6.07. The van der Waals surface area contributed by atoms with Gasteiger partial charge in [-0.1, -0.05) is 25.1 Å². The summed E-state index contributed by atoms with van der Waals surface area (Å²) >= 11 is 0. The topological polar surface area (TPSA) is 92.4 Å². The number of sulfone groups is 1. The Hall–Kier alpha value is -2.87. The van der Waals surface area contributed by atoms with Crippen LogP contribution in [0.3, 0.4) is 0 Å². The van der Waals surface area contributed by atoms with E-state index < -0.39 is 15.4 Å². The molecule has 0 bridgehead atoms. The normalized spacial score (nSPS) is 18.0. The standard InChI is InChI=1S/C22H23N3O4S/c1-2-13-30(27,28)15-7-8-18-19(14-15)24-21(23-18)25-11-9-22(10-12-25)17-6-4-3-5-16(17)20(26)29-22/h3-8,14H,2,9-13H2,1H3,(H,23,24). The average molecular weight is 426 g/mol. The van der Waals surface area contributed by atoms with Gasteiger partial charge in [0.2, 0.25) is 5.95 Å². The van der Waals surface area contributed by atoms with Crippen LogP contribution in [0.4, 0.5) is 5.95 Å². The van der Waals surface area contributed by atoms with Crippen molar-refractivity contribution in [1.82, 2.24) is 9.97 Å². The van der Waals surface area contributed by atoms with E-state index in [9.17, 15) is 13.2 Å². The Kier molecular flexibility index (Phi) is 4.36. The van der Waals surface area contributed by atoms with E-state index in [0.717, 1.165) is 11.1 Å². The molecule has 30 heavy (non-hydrogen) atoms. The zero-order chi connectivity index (χ0) is 20.9. The fraction of sp³-hybridized carbons (Fsp3) is 0.364. The first-order valence-corrected chi connectivity index (χ1v) is 11.9. The monoisotopic (exact) mass is 425 g/mol. The van der Waals surface area contributed by atoms with Crippen molar-refractivity contribution in [2.24, 2.45) is 0 Å². The lowest BCUT2D eigenvalue weighted by Gasteiger charge is -2.38. The number of nitrogens with one attached hydrogen (secondary N) is 1. The minimum atomic E-state index is -3.28. The summed E-state index contributed by atoms with van der Waals surface area (Å²) < 4.78 is 30.6. The smallest absolute Gasteiger partial charge is 0.339 e. The van der Waals surface area contributed by atoms with Gasteiger partial charge >= 0.3 is 5.97 Å². The number of fused-ring (bicyclic) bond motifs is 3. The van der Waals surface area contributed by atoms with E-state index in [1.165, 1.54) is 0 Å². The van der Waals surface area contributed by atoms with E-state index in [2.05, 4.69) is 14.9 Å². The van der Waals surface area contributed by atoms with Crippen molar-refractivity contribution in [3.05, 3.63) is 53.6 Å². The van der Waals surface area contributed by atoms with Gasteiger partial charge in [-0.2, -0.15) is 0 Å². The summed E-state index contributed by atoms with van der Waals surface area (Å²) in [5, 5.41) is 0. The van der Waals surface area contributed by atoms with Crippen molar-refractivity contribution in [1.29, 1.82) is 0 Å². The van der Waals surface area contributed by atoms with Crippen LogP contribution in [0, 0.1) is 0 Å². The van der Waals surface area contributed by atoms with Crippen molar-refractivity contribution in [2.75, 3.05) is 23.7 Å². The van der Waals surface area contributed by atoms with Gasteiger partial charge in [-0.05, 0) is 30.7 Å². The summed E-state index contributed by atoms with van der Waals surface area (Å²) in [6.07, 6.45) is 1.95. The largest absolute Gasteiger partial charge is 0.450 e. The molecule has 0 amide bonds. The molecule has 3 aromatic rings. The van der Waals surface area contributed by atoms with Crippen LogP contribution in [0.25, 0.3) is 11.0 Å². The predicted molar refractivity (Wildman–Crippen MR) is 113 cm³/mol. The lowest BCUT2D eigenvalue weighted by Crippen LogP contribution is -2.43. The number of carbonyl (C=O) groups is 1. The fourth-order valence-corrected chi connectivity index (χ4v) is 5.85. The molecule has 2 aromatic carbocycles. The number of anilines is 1. The SMILES string of the molecule is CCCS(=O)(=O)c1ccc2nc(N3CCC4(CC3)OC(=O)c3ccccc34)[nH]c2c1. The van der Waals surface area contributed by atoms with Gasteiger partial charge in [0.1, 0.15) is 5.60 Å². The Morgan fingerprint density at radius 3 is 2.70 bits per heavy atom. The van der Waals surface area contributed by atoms with Crippen molar-refractivity contribution >= 4 is 32.8 Å². The number of hydrogen-bond acceptors (Lipinski definition) is 6. The summed E-state index contributed by atoms with van der Waals surface area (Å²) in [6, 6.07) is 12.6. The highest BCUT2D eigenvalue weighted by atomic mass is 32.2. The summed E-state index contributed by atoms with van der Waals surface area (Å²) in [5.41, 5.74) is 2.52. The van der Waals surface area contributed by atoms with E-state index in [0.29, 0.717) is 54.3 Å². The molecule has 0 saturated carbocycles. The first-order chi connectivity index (χ1) is 14.4. The number of nitrogens with zero attached hydrogens (tertiary/aromatic N) is 2. The van der Waals surface area contributed by atoms with E-state index >= 15 is 0 Å². The lowest BCUT2D eigenvalue weighted by atomic mass is 9.84. The number of aromatic amines is 1. The third-order valence-corrected chi connectivity index (χ3v) is 7.99. The number of carbonyl (C=O) groups excluding carboxylic acids is 1. The molecule has 0 atom stereocenters. The molecule has 1 saturated heterocycles. The second-order valence-corrected chi connectivity index (χ2v) is 10.1. The number of piperidine rings is 1. The third kappa shape index (κ3) is 2.98. The molecule has 0 unspecified atom stereocenters. The number of rotatable bonds is 4. The molecule has 1 N–H and O–H groups in total. The van der Waals surface area contributed by atoms with Crippen LogP contribution in [0.1, 0.15) is 42.1 Å². The van der Waals surface area contributed by atoms with Gasteiger partial charge in [0.15, 0.2) is 9.84 Å². The summed E-state index contributed by atoms with van der Waals surface area (Å²) in [7, 11) is -3.28. The molecule has 2 aliphatic heterocycles. The van der Waals surface area contributed by atoms with Gasteiger partial charge in [0.05, 0.1) is 27.2 Å². The first kappa shape index (κ1) is 19.1. The zero-order valence-electron chi connectivity index (χ0n) is 16.7. The van der Waals surface area contributed by atoms with Gasteiger partial charge in [-0.15, -0.1) is 0 Å². The van der Waals surface area contributed by atoms with Crippen LogP contribution in [-0.4, -0.2) is 43.2 Å². The summed E-state index contributed by atoms with van der Waals surface area (Å²) in [6.45, 7) is 3.22. The number of hydrogen-bond donors (Lipinski definition) is 1. The fourth-order valence-electron chi connectivity index (χ4n) is 4.50. The van der Waals surface area contributed by atoms with Crippen LogP contribution in [0.15, 0.2) is 47.4 Å². The minimum Gasteiger partial charge on any atom is -0.450 e. The number of benzene rings is 2. The van der Waals surface area contributed by atoms with Crippen molar-refractivity contribution in [3.8, 4) is 0 Å². The molecule has 0 radical (unpaired) electrons. The molecule has 0 aliphatic carbocycles. The van der Waals surface area contributed by atoms with Crippen LogP contribution in [0.5, 0.6) is 0 Å². The van der Waals surface area contributed by atoms with Crippen molar-refractivity contribution in [2.45, 2.75) is 36.7 Å². The number of ether oxygens (including phenoxy) is 1. The van der Waals surface area contributed by atoms with E-state index in [1.807, 2.05) is 31.2 Å². The molecule has 7 nitrogen and oxygen atoms in total. The molecule has 156 valence electrons. The van der Waals surface area contributed by atoms with Crippen molar-refractivity contribution in [3.63, 3.8) is 0 Å². The highest BCUT2D eigenvalue weighted by molar-refractivity contribution is 7.91. The molecular formula is C22H23N3O4S. The van der Waals surface area contributed by atoms with Gasteiger partial charge in [-0.3, -0.25) is 0 Å². The number of H-pyrrole nitrogens is 1. The maximum Gasteiger partial charge on any atom is 0.339 e. The van der Waals surface area contributed by atoms with E-state index in [4.69, 9.17) is 4.74 Å². The Balaban J connectivity index is 1.39. The Morgan fingerprint density at radius 2 is 1.93 bits per heavy atom. The summed E-state index contributed by atoms with van der Waals surface area (Å²) in [4.78, 5) is 22.6. The predicted octanol–water partition coefficient (Wildman–Crippen LogP) is 3.41. The number of imidazole rings is 1. The molecular weight excluding hydrogens is 402 g/mol. The van der Waals surface area contributed by atoms with Gasteiger partial charge in [0, 0.05) is 31.5 Å². The molecule has 1 aromatic heterocycles. The highest BCUT2D eigenvalue weighted by Crippen LogP contribution is 2.44. The maximum absolute atomic E-state index is 12.4. The summed E-state index contributed by atoms with van der Waals surface area (Å²) in [5.74, 6) is 0.597. The number of aromatic nitrogens is 2. The minimum absolute atomic E-state index is 0.133. The Bertz CT molecular complexity index is 1240. The van der Waals surface area contributed by atoms with Gasteiger partial charge in [-0.25, -0.2) is 18.2 Å². The molecule has 2 aliphatic rings. The average Bonchev–Trinajstić information content (AvgIpc) is 3.28. The molecule has 5 rings (SSSR count). The van der Waals surface area contributed by atoms with Crippen molar-refractivity contribution < 1.29 is 17.9 Å². The van der Waals surface area contributed by atoms with Gasteiger partial charge in [0.25, 0.3) is 0 Å². The Labute approximate surface area is 175 Å². The second-order valence-electron chi connectivity index (χ2n) is 7.97. The van der Waals surface area contributed by atoms with Gasteiger partial charge < -0.3 is 14.6 Å². The Morgan fingerprint density at radius 1 is 1.17 bits per heavy atom. The van der Waals surface area contributed by atoms with E-state index in [1.54, 1.807) is 18.2 Å². The molecule has 8 heteroatoms. The highest BCUT2D eigenvalue weighted by Gasteiger charge is 2.47. The maximum atomic E-state index is 12.4. The molecule has 1 fully saturated rings. The number of esters is 1. The van der Waals surface area contributed by atoms with Crippen LogP contribution >= 0.6 is 0 Å². The second kappa shape index (κ2) is 6.84. The first-order valence-electron chi connectivity index (χ1n) is 10.2. The van der Waals surface area contributed by atoms with Crippen LogP contribution in [0.2, 0.25) is 0 Å². The molecule has 1 spiro atoms. The molecule has 3 heterocycles. The van der Waals surface area contributed by atoms with Crippen LogP contribution < -0.4 is 4.90 Å². The lowest BCUT2D eigenvalue weighted by molar-refractivity contribution is -0.0211. The van der Waals surface area contributed by atoms with E-state index in [-0.39, 0.29) is 11.7 Å². The van der Waals surface area contributed by atoms with Crippen LogP contribution in [-0.2, 0) is 20.2 Å². The quantitative estimate of drug-likeness (QED) is 0.644.